The van der Waals surface area contributed by atoms with E-state index < -0.39 is 0 Å². The van der Waals surface area contributed by atoms with Crippen molar-refractivity contribution in [3.63, 3.8) is 0 Å². The van der Waals surface area contributed by atoms with E-state index in [4.69, 9.17) is 9.47 Å². The number of benzene rings is 1. The van der Waals surface area contributed by atoms with E-state index >= 15 is 0 Å². The van der Waals surface area contributed by atoms with Gasteiger partial charge in [0.05, 0.1) is 6.04 Å². The molecule has 3 nitrogen and oxygen atoms in total. The van der Waals surface area contributed by atoms with Gasteiger partial charge in [0.15, 0.2) is 17.6 Å². The molecule has 2 aromatic rings. The molecule has 0 aliphatic carbocycles. The lowest BCUT2D eigenvalue weighted by Crippen LogP contribution is -2.41. The van der Waals surface area contributed by atoms with Gasteiger partial charge in [-0.3, -0.25) is 0 Å². The summed E-state index contributed by atoms with van der Waals surface area (Å²) in [6.45, 7) is 7.92. The van der Waals surface area contributed by atoms with Crippen LogP contribution in [-0.2, 0) is 0 Å². The fourth-order valence-corrected chi connectivity index (χ4v) is 3.95. The summed E-state index contributed by atoms with van der Waals surface area (Å²) in [7, 11) is 0. The van der Waals surface area contributed by atoms with Gasteiger partial charge in [0.1, 0.15) is 6.61 Å². The minimum atomic E-state index is -0.00315. The second kappa shape index (κ2) is 6.08. The highest BCUT2D eigenvalue weighted by Crippen LogP contribution is 2.37. The Morgan fingerprint density at radius 3 is 2.71 bits per heavy atom. The van der Waals surface area contributed by atoms with Crippen LogP contribution in [0.4, 0.5) is 0 Å². The standard InChI is InChI=1S/C17H21NO2S/c1-4-18-16(17-11(2)9-12(3)21-17)15-10-19-13-7-5-6-8-14(13)20-15/h5-9,15-16,18H,4,10H2,1-3H3. The predicted octanol–water partition coefficient (Wildman–Crippen LogP) is 3.86. The molecule has 0 bridgehead atoms. The Bertz CT molecular complexity index is 623. The molecule has 1 aliphatic heterocycles. The normalized spacial score (nSPS) is 18.5. The zero-order valence-electron chi connectivity index (χ0n) is 12.7. The van der Waals surface area contributed by atoms with E-state index in [0.717, 1.165) is 18.0 Å². The van der Waals surface area contributed by atoms with E-state index in [9.17, 15) is 0 Å². The van der Waals surface area contributed by atoms with E-state index in [1.54, 1.807) is 0 Å². The molecule has 2 heterocycles. The molecule has 0 spiro atoms. The number of rotatable bonds is 4. The molecule has 112 valence electrons. The van der Waals surface area contributed by atoms with Crippen LogP contribution in [0.1, 0.15) is 28.3 Å². The van der Waals surface area contributed by atoms with Crippen LogP contribution < -0.4 is 14.8 Å². The summed E-state index contributed by atoms with van der Waals surface area (Å²) in [5.41, 5.74) is 1.32. The van der Waals surface area contributed by atoms with E-state index in [0.29, 0.717) is 6.61 Å². The Morgan fingerprint density at radius 2 is 2.05 bits per heavy atom. The summed E-state index contributed by atoms with van der Waals surface area (Å²) < 4.78 is 12.1. The second-order valence-electron chi connectivity index (χ2n) is 5.35. The van der Waals surface area contributed by atoms with Gasteiger partial charge in [-0.15, -0.1) is 11.3 Å². The van der Waals surface area contributed by atoms with Crippen molar-refractivity contribution in [2.75, 3.05) is 13.2 Å². The molecule has 3 rings (SSSR count). The first kappa shape index (κ1) is 14.4. The zero-order chi connectivity index (χ0) is 14.8. The Balaban J connectivity index is 1.87. The van der Waals surface area contributed by atoms with Crippen LogP contribution in [0.5, 0.6) is 11.5 Å². The SMILES string of the molecule is CCNC(c1sc(C)cc1C)C1COc2ccccc2O1. The lowest BCUT2D eigenvalue weighted by molar-refractivity contribution is 0.0629. The van der Waals surface area contributed by atoms with Gasteiger partial charge < -0.3 is 14.8 Å². The van der Waals surface area contributed by atoms with Gasteiger partial charge in [-0.2, -0.15) is 0 Å². The Hall–Kier alpha value is -1.52. The molecule has 1 N–H and O–H groups in total. The van der Waals surface area contributed by atoms with Gasteiger partial charge in [0, 0.05) is 9.75 Å². The quantitative estimate of drug-likeness (QED) is 0.930. The molecule has 0 saturated carbocycles. The topological polar surface area (TPSA) is 30.5 Å². The van der Waals surface area contributed by atoms with Crippen LogP contribution in [0.3, 0.4) is 0 Å². The lowest BCUT2D eigenvalue weighted by Gasteiger charge is -2.32. The zero-order valence-corrected chi connectivity index (χ0v) is 13.5. The third kappa shape index (κ3) is 2.92. The molecule has 0 saturated heterocycles. The maximum absolute atomic E-state index is 6.18. The van der Waals surface area contributed by atoms with Crippen molar-refractivity contribution < 1.29 is 9.47 Å². The molecular weight excluding hydrogens is 282 g/mol. The van der Waals surface area contributed by atoms with E-state index in [2.05, 4.69) is 32.2 Å². The number of hydrogen-bond donors (Lipinski definition) is 1. The molecule has 1 aromatic carbocycles. The number of hydrogen-bond acceptors (Lipinski definition) is 4. The Kier molecular flexibility index (Phi) is 4.17. The highest BCUT2D eigenvalue weighted by atomic mass is 32.1. The summed E-state index contributed by atoms with van der Waals surface area (Å²) in [5, 5.41) is 3.56. The lowest BCUT2D eigenvalue weighted by atomic mass is 10.1. The van der Waals surface area contributed by atoms with Crippen molar-refractivity contribution in [1.29, 1.82) is 0 Å². The molecule has 4 heteroatoms. The summed E-state index contributed by atoms with van der Waals surface area (Å²) in [6.07, 6.45) is -0.00315. The maximum Gasteiger partial charge on any atom is 0.161 e. The number of fused-ring (bicyclic) bond motifs is 1. The van der Waals surface area contributed by atoms with Crippen LogP contribution in [-0.4, -0.2) is 19.3 Å². The van der Waals surface area contributed by atoms with Crippen molar-refractivity contribution in [1.82, 2.24) is 5.32 Å². The smallest absolute Gasteiger partial charge is 0.161 e. The molecule has 1 aliphatic rings. The minimum absolute atomic E-state index is 0.00315. The van der Waals surface area contributed by atoms with E-state index in [1.165, 1.54) is 15.3 Å². The summed E-state index contributed by atoms with van der Waals surface area (Å²) in [5.74, 6) is 1.67. The van der Waals surface area contributed by atoms with E-state index in [-0.39, 0.29) is 12.1 Å². The Morgan fingerprint density at radius 1 is 1.29 bits per heavy atom. The Labute approximate surface area is 129 Å². The monoisotopic (exact) mass is 303 g/mol. The average Bonchev–Trinajstić information content (AvgIpc) is 2.83. The first-order valence-corrected chi connectivity index (χ1v) is 8.19. The second-order valence-corrected chi connectivity index (χ2v) is 6.64. The van der Waals surface area contributed by atoms with Crippen molar-refractivity contribution in [2.24, 2.45) is 0 Å². The number of para-hydroxylation sites is 2. The van der Waals surface area contributed by atoms with Gasteiger partial charge in [-0.1, -0.05) is 19.1 Å². The molecule has 0 amide bonds. The van der Waals surface area contributed by atoms with Crippen LogP contribution >= 0.6 is 11.3 Å². The highest BCUT2D eigenvalue weighted by molar-refractivity contribution is 7.12. The van der Waals surface area contributed by atoms with Crippen molar-refractivity contribution in [3.8, 4) is 11.5 Å². The number of nitrogens with one attached hydrogen (secondary N) is 1. The molecule has 1 aromatic heterocycles. The molecule has 0 radical (unpaired) electrons. The van der Waals surface area contributed by atoms with Crippen LogP contribution in [0, 0.1) is 13.8 Å². The molecular formula is C17H21NO2S. The molecule has 2 atom stereocenters. The third-order valence-corrected chi connectivity index (χ3v) is 4.92. The van der Waals surface area contributed by atoms with Gasteiger partial charge in [-0.25, -0.2) is 0 Å². The van der Waals surface area contributed by atoms with Crippen molar-refractivity contribution >= 4 is 11.3 Å². The number of likely N-dealkylation sites (N-methyl/N-ethyl adjacent to an activating group) is 1. The first-order chi connectivity index (χ1) is 10.2. The minimum Gasteiger partial charge on any atom is -0.486 e. The molecule has 0 fully saturated rings. The van der Waals surface area contributed by atoms with Crippen LogP contribution in [0.15, 0.2) is 30.3 Å². The number of thiophene rings is 1. The predicted molar refractivity (Wildman–Crippen MR) is 86.6 cm³/mol. The fourth-order valence-electron chi connectivity index (χ4n) is 2.78. The number of aryl methyl sites for hydroxylation is 2. The van der Waals surface area contributed by atoms with Gasteiger partial charge in [-0.05, 0) is 44.2 Å². The number of ether oxygens (including phenoxy) is 2. The van der Waals surface area contributed by atoms with Crippen molar-refractivity contribution in [3.05, 3.63) is 45.6 Å². The van der Waals surface area contributed by atoms with Gasteiger partial charge >= 0.3 is 0 Å². The summed E-state index contributed by atoms with van der Waals surface area (Å²) >= 11 is 1.84. The largest absolute Gasteiger partial charge is 0.486 e. The highest BCUT2D eigenvalue weighted by Gasteiger charge is 2.31. The summed E-state index contributed by atoms with van der Waals surface area (Å²) in [4.78, 5) is 2.69. The average molecular weight is 303 g/mol. The van der Waals surface area contributed by atoms with Gasteiger partial charge in [0.25, 0.3) is 0 Å². The molecule has 2 unspecified atom stereocenters. The third-order valence-electron chi connectivity index (χ3n) is 3.69. The fraction of sp³-hybridized carbons (Fsp3) is 0.412. The van der Waals surface area contributed by atoms with Crippen molar-refractivity contribution in [2.45, 2.75) is 32.9 Å². The molecule has 21 heavy (non-hydrogen) atoms. The van der Waals surface area contributed by atoms with E-state index in [1.807, 2.05) is 35.6 Å². The van der Waals surface area contributed by atoms with Gasteiger partial charge in [0.2, 0.25) is 0 Å². The summed E-state index contributed by atoms with van der Waals surface area (Å²) in [6, 6.07) is 10.3. The maximum atomic E-state index is 6.18. The van der Waals surface area contributed by atoms with Crippen LogP contribution in [0.2, 0.25) is 0 Å². The first-order valence-electron chi connectivity index (χ1n) is 7.38. The van der Waals surface area contributed by atoms with Crippen LogP contribution in [0.25, 0.3) is 0 Å².